The van der Waals surface area contributed by atoms with E-state index in [2.05, 4.69) is 20.9 Å². The molecule has 0 radical (unpaired) electrons. The number of phenols is 1. The molecule has 0 bridgehead atoms. The van der Waals surface area contributed by atoms with Crippen LogP contribution < -0.4 is 32.2 Å². The molecular weight excluding hydrogens is 713 g/mol. The fourth-order valence-electron chi connectivity index (χ4n) is 6.80. The van der Waals surface area contributed by atoms with E-state index in [4.69, 9.17) is 16.2 Å². The van der Waals surface area contributed by atoms with Crippen LogP contribution in [0.3, 0.4) is 0 Å². The summed E-state index contributed by atoms with van der Waals surface area (Å²) in [6.45, 7) is 9.27. The minimum Gasteiger partial charge on any atom is -0.508 e. The number of fused-ring (bicyclic) bond motifs is 1. The van der Waals surface area contributed by atoms with Crippen LogP contribution in [0.25, 0.3) is 10.9 Å². The average Bonchev–Trinajstić information content (AvgIpc) is 3.55. The molecular formula is C43H66N6O7. The van der Waals surface area contributed by atoms with Crippen LogP contribution in [0.4, 0.5) is 0 Å². The molecule has 0 spiro atoms. The van der Waals surface area contributed by atoms with Crippen molar-refractivity contribution in [3.05, 3.63) is 59.3 Å². The molecule has 1 aromatic heterocycles. The Labute approximate surface area is 332 Å². The van der Waals surface area contributed by atoms with Crippen LogP contribution in [0, 0.1) is 11.8 Å². The fraction of sp³-hybridized carbons (Fsp3) is 0.581. The van der Waals surface area contributed by atoms with Gasteiger partial charge in [0.05, 0.1) is 12.1 Å². The number of ether oxygens (including phenoxy) is 1. The summed E-state index contributed by atoms with van der Waals surface area (Å²) in [6.07, 6.45) is 10.2. The third-order valence-corrected chi connectivity index (χ3v) is 10.2. The van der Waals surface area contributed by atoms with Gasteiger partial charge in [-0.3, -0.25) is 14.4 Å². The summed E-state index contributed by atoms with van der Waals surface area (Å²) < 4.78 is 6.22. The van der Waals surface area contributed by atoms with Gasteiger partial charge >= 0.3 is 5.97 Å². The number of hydrogen-bond donors (Lipinski definition) is 8. The SMILES string of the molecule is CC[C@H](C)[C@H](NC(=O)[C@H](Cc1ccc(O)cc1)NC(=O)c1[nH]c2c(OCCCCCCN)cccc2c1CCCCCCCN)C(=O)N[C@@H](CC(C)C)C(=O)O. The minimum absolute atomic E-state index is 0.0118. The Bertz CT molecular complexity index is 1670. The summed E-state index contributed by atoms with van der Waals surface area (Å²) in [5, 5.41) is 29.0. The molecule has 4 atom stereocenters. The van der Waals surface area contributed by atoms with E-state index >= 15 is 0 Å². The topological polar surface area (TPSA) is 222 Å². The first-order valence-electron chi connectivity index (χ1n) is 20.5. The van der Waals surface area contributed by atoms with Crippen LogP contribution in [0.15, 0.2) is 42.5 Å². The first kappa shape index (κ1) is 45.8. The van der Waals surface area contributed by atoms with Crippen molar-refractivity contribution in [3.8, 4) is 11.5 Å². The molecule has 0 aliphatic carbocycles. The molecule has 3 rings (SSSR count). The maximum Gasteiger partial charge on any atom is 0.326 e. The number of hydrogen-bond acceptors (Lipinski definition) is 8. The standard InChI is InChI=1S/C43H66N6O7/c1-5-29(4)37(41(52)47-35(43(54)55)26-28(2)3)49-40(51)34(27-30-19-21-31(50)22-20-30)46-42(53)39-33(16-11-7-6-8-12-23-44)32-17-15-18-36(38(32)48-39)56-25-14-10-9-13-24-45/h15,17-22,28-29,34-35,37,48,50H,5-14,16,23-27,44-45H2,1-4H3,(H,46,53)(H,47,52)(H,49,51)(H,54,55)/t29-,34-,35-,37-/m0/s1. The van der Waals surface area contributed by atoms with Crippen LogP contribution in [0.1, 0.15) is 120 Å². The van der Waals surface area contributed by atoms with Crippen molar-refractivity contribution in [1.29, 1.82) is 0 Å². The number of amides is 3. The van der Waals surface area contributed by atoms with Crippen molar-refractivity contribution in [1.82, 2.24) is 20.9 Å². The molecule has 2 aromatic carbocycles. The van der Waals surface area contributed by atoms with Gasteiger partial charge in [-0.2, -0.15) is 0 Å². The number of aromatic amines is 1. The molecule has 0 aliphatic rings. The molecule has 1 heterocycles. The van der Waals surface area contributed by atoms with E-state index < -0.39 is 41.8 Å². The number of carbonyl (C=O) groups excluding carboxylic acids is 3. The van der Waals surface area contributed by atoms with Gasteiger partial charge in [-0.15, -0.1) is 0 Å². The summed E-state index contributed by atoms with van der Waals surface area (Å²) in [6, 6.07) is 8.82. The number of rotatable bonds is 27. The highest BCUT2D eigenvalue weighted by Crippen LogP contribution is 2.32. The van der Waals surface area contributed by atoms with Crippen LogP contribution in [0.5, 0.6) is 11.5 Å². The lowest BCUT2D eigenvalue weighted by molar-refractivity contribution is -0.143. The minimum atomic E-state index is -1.15. The van der Waals surface area contributed by atoms with Gasteiger partial charge in [0, 0.05) is 11.8 Å². The Hall–Kier alpha value is -4.62. The zero-order valence-electron chi connectivity index (χ0n) is 33.8. The number of aromatic nitrogens is 1. The van der Waals surface area contributed by atoms with Crippen molar-refractivity contribution >= 4 is 34.6 Å². The zero-order chi connectivity index (χ0) is 41.0. The van der Waals surface area contributed by atoms with Crippen LogP contribution in [-0.4, -0.2) is 76.7 Å². The summed E-state index contributed by atoms with van der Waals surface area (Å²) in [7, 11) is 0. The zero-order valence-corrected chi connectivity index (χ0v) is 33.8. The Morgan fingerprint density at radius 1 is 0.786 bits per heavy atom. The molecule has 10 N–H and O–H groups in total. The van der Waals surface area contributed by atoms with Gasteiger partial charge in [0.1, 0.15) is 35.3 Å². The monoisotopic (exact) mass is 778 g/mol. The predicted molar refractivity (Wildman–Crippen MR) is 221 cm³/mol. The number of aliphatic carboxylic acids is 1. The lowest BCUT2D eigenvalue weighted by Crippen LogP contribution is -2.58. The molecule has 0 saturated carbocycles. The number of carboxylic acids is 1. The Morgan fingerprint density at radius 3 is 2.05 bits per heavy atom. The number of nitrogens with two attached hydrogens (primary N) is 2. The third kappa shape index (κ3) is 14.5. The maximum absolute atomic E-state index is 14.4. The largest absolute Gasteiger partial charge is 0.508 e. The van der Waals surface area contributed by atoms with Crippen molar-refractivity contribution in [2.45, 2.75) is 129 Å². The third-order valence-electron chi connectivity index (χ3n) is 10.2. The molecule has 310 valence electrons. The van der Waals surface area contributed by atoms with E-state index in [1.807, 2.05) is 45.9 Å². The number of H-pyrrole nitrogens is 1. The lowest BCUT2D eigenvalue weighted by Gasteiger charge is -2.28. The highest BCUT2D eigenvalue weighted by atomic mass is 16.5. The van der Waals surface area contributed by atoms with Gasteiger partial charge in [-0.05, 0) is 92.8 Å². The number of carbonyl (C=O) groups is 4. The number of carboxylic acid groups (broad SMARTS) is 1. The Kier molecular flexibility index (Phi) is 19.7. The molecule has 0 fully saturated rings. The quantitative estimate of drug-likeness (QED) is 0.0444. The van der Waals surface area contributed by atoms with Gasteiger partial charge in [0.25, 0.3) is 5.91 Å². The smallest absolute Gasteiger partial charge is 0.326 e. The second-order valence-electron chi connectivity index (χ2n) is 15.3. The van der Waals surface area contributed by atoms with Crippen LogP contribution in [-0.2, 0) is 27.2 Å². The summed E-state index contributed by atoms with van der Waals surface area (Å²) in [5.41, 5.74) is 13.9. The fourth-order valence-corrected chi connectivity index (χ4v) is 6.80. The van der Waals surface area contributed by atoms with E-state index in [9.17, 15) is 29.4 Å². The second kappa shape index (κ2) is 24.1. The first-order valence-corrected chi connectivity index (χ1v) is 20.5. The molecule has 0 saturated heterocycles. The van der Waals surface area contributed by atoms with Crippen molar-refractivity contribution in [2.75, 3.05) is 19.7 Å². The molecule has 56 heavy (non-hydrogen) atoms. The number of para-hydroxylation sites is 1. The number of aryl methyl sites for hydroxylation is 1. The van der Waals surface area contributed by atoms with E-state index in [1.54, 1.807) is 12.1 Å². The number of aromatic hydroxyl groups is 1. The van der Waals surface area contributed by atoms with Gasteiger partial charge in [-0.1, -0.05) is 90.5 Å². The summed E-state index contributed by atoms with van der Waals surface area (Å²) >= 11 is 0. The van der Waals surface area contributed by atoms with Crippen molar-refractivity contribution in [3.63, 3.8) is 0 Å². The number of unbranched alkanes of at least 4 members (excludes halogenated alkanes) is 7. The average molecular weight is 779 g/mol. The number of nitrogens with one attached hydrogen (secondary N) is 4. The van der Waals surface area contributed by atoms with Crippen molar-refractivity contribution < 1.29 is 34.1 Å². The highest BCUT2D eigenvalue weighted by Gasteiger charge is 2.33. The van der Waals surface area contributed by atoms with Gasteiger partial charge in [0.2, 0.25) is 11.8 Å². The van der Waals surface area contributed by atoms with Gasteiger partial charge in [0.15, 0.2) is 0 Å². The van der Waals surface area contributed by atoms with E-state index in [1.165, 1.54) is 12.1 Å². The number of phenolic OH excluding ortho intramolecular Hbond substituents is 1. The highest BCUT2D eigenvalue weighted by molar-refractivity contribution is 6.04. The second-order valence-corrected chi connectivity index (χ2v) is 15.3. The summed E-state index contributed by atoms with van der Waals surface area (Å²) in [4.78, 5) is 57.6. The van der Waals surface area contributed by atoms with Crippen LogP contribution >= 0.6 is 0 Å². The van der Waals surface area contributed by atoms with Gasteiger partial charge in [-0.25, -0.2) is 4.79 Å². The Morgan fingerprint density at radius 2 is 1.43 bits per heavy atom. The normalized spacial score (nSPS) is 13.6. The van der Waals surface area contributed by atoms with E-state index in [-0.39, 0.29) is 30.4 Å². The molecule has 13 nitrogen and oxygen atoms in total. The molecule has 3 aromatic rings. The molecule has 0 aliphatic heterocycles. The lowest BCUT2D eigenvalue weighted by atomic mass is 9.96. The maximum atomic E-state index is 14.4. The van der Waals surface area contributed by atoms with Gasteiger partial charge < -0.3 is 47.4 Å². The van der Waals surface area contributed by atoms with Crippen molar-refractivity contribution in [2.24, 2.45) is 23.3 Å². The van der Waals surface area contributed by atoms with E-state index in [0.29, 0.717) is 55.1 Å². The molecule has 3 amide bonds. The first-order chi connectivity index (χ1) is 26.9. The van der Waals surface area contributed by atoms with Crippen LogP contribution in [0.2, 0.25) is 0 Å². The number of benzene rings is 2. The molecule has 13 heteroatoms. The Balaban J connectivity index is 1.96. The predicted octanol–water partition coefficient (Wildman–Crippen LogP) is 5.71. The molecule has 0 unspecified atom stereocenters. The van der Waals surface area contributed by atoms with E-state index in [0.717, 1.165) is 68.7 Å². The summed E-state index contributed by atoms with van der Waals surface area (Å²) in [5.74, 6) is -2.48.